The van der Waals surface area contributed by atoms with Gasteiger partial charge in [0.05, 0.1) is 12.8 Å². The van der Waals surface area contributed by atoms with Crippen molar-refractivity contribution in [1.29, 1.82) is 0 Å². The number of hydrogen-bond donors (Lipinski definition) is 2. The molecule has 0 aliphatic heterocycles. The van der Waals surface area contributed by atoms with E-state index in [9.17, 15) is 4.79 Å². The van der Waals surface area contributed by atoms with Crippen LogP contribution in [0.1, 0.15) is 5.69 Å². The number of ether oxygens (including phenoxy) is 1. The number of aromatic nitrogens is 1. The van der Waals surface area contributed by atoms with E-state index in [1.165, 1.54) is 0 Å². The van der Waals surface area contributed by atoms with Gasteiger partial charge in [0.1, 0.15) is 12.0 Å². The van der Waals surface area contributed by atoms with Gasteiger partial charge in [-0.15, -0.1) is 0 Å². The first-order chi connectivity index (χ1) is 12.6. The van der Waals surface area contributed by atoms with Crippen molar-refractivity contribution in [3.63, 3.8) is 0 Å². The molecule has 0 atom stereocenters. The molecular weight excluding hydrogens is 398 g/mol. The Kier molecular flexibility index (Phi) is 5.91. The molecule has 2 aromatic carbocycles. The molecule has 2 N–H and O–H groups in total. The van der Waals surface area contributed by atoms with Gasteiger partial charge < -0.3 is 19.8 Å². The molecule has 3 aromatic rings. The first-order valence-corrected chi connectivity index (χ1v) is 8.82. The minimum atomic E-state index is -0.258. The summed E-state index contributed by atoms with van der Waals surface area (Å²) in [7, 11) is 1.62. The lowest BCUT2D eigenvalue weighted by Crippen LogP contribution is -2.30. The zero-order valence-corrected chi connectivity index (χ0v) is 15.7. The van der Waals surface area contributed by atoms with E-state index in [0.717, 1.165) is 27.2 Å². The Balaban J connectivity index is 1.48. The SMILES string of the molecule is COc1ccc(-c2nc(CCNC(=O)Nc3ccc(Br)cc3)co2)cc1. The van der Waals surface area contributed by atoms with Crippen LogP contribution in [0.4, 0.5) is 10.5 Å². The topological polar surface area (TPSA) is 76.4 Å². The summed E-state index contributed by atoms with van der Waals surface area (Å²) in [5.41, 5.74) is 2.38. The molecule has 0 unspecified atom stereocenters. The van der Waals surface area contributed by atoms with E-state index in [4.69, 9.17) is 9.15 Å². The first kappa shape index (κ1) is 18.0. The standard InChI is InChI=1S/C19H18BrN3O3/c1-25-17-8-2-13(3-9-17)18-22-16(12-26-18)10-11-21-19(24)23-15-6-4-14(20)5-7-15/h2-9,12H,10-11H2,1H3,(H2,21,23,24). The van der Waals surface area contributed by atoms with Gasteiger partial charge in [-0.3, -0.25) is 0 Å². The Bertz CT molecular complexity index is 860. The fraction of sp³-hybridized carbons (Fsp3) is 0.158. The highest BCUT2D eigenvalue weighted by atomic mass is 79.9. The van der Waals surface area contributed by atoms with Gasteiger partial charge in [-0.1, -0.05) is 15.9 Å². The van der Waals surface area contributed by atoms with Gasteiger partial charge in [-0.2, -0.15) is 0 Å². The normalized spacial score (nSPS) is 10.4. The predicted octanol–water partition coefficient (Wildman–Crippen LogP) is 4.48. The van der Waals surface area contributed by atoms with Crippen molar-refractivity contribution in [2.24, 2.45) is 0 Å². The van der Waals surface area contributed by atoms with Crippen molar-refractivity contribution in [1.82, 2.24) is 10.3 Å². The van der Waals surface area contributed by atoms with Crippen LogP contribution in [0.15, 0.2) is 63.7 Å². The Hall–Kier alpha value is -2.80. The van der Waals surface area contributed by atoms with Gasteiger partial charge in [-0.05, 0) is 48.5 Å². The van der Waals surface area contributed by atoms with Crippen molar-refractivity contribution < 1.29 is 13.9 Å². The average molecular weight is 416 g/mol. The number of benzene rings is 2. The molecule has 134 valence electrons. The molecule has 7 heteroatoms. The highest BCUT2D eigenvalue weighted by molar-refractivity contribution is 9.10. The summed E-state index contributed by atoms with van der Waals surface area (Å²) >= 11 is 3.36. The molecule has 0 aliphatic rings. The Morgan fingerprint density at radius 1 is 1.15 bits per heavy atom. The lowest BCUT2D eigenvalue weighted by Gasteiger charge is -2.06. The van der Waals surface area contributed by atoms with Crippen LogP contribution in [-0.2, 0) is 6.42 Å². The summed E-state index contributed by atoms with van der Waals surface area (Å²) in [6.45, 7) is 0.455. The number of nitrogens with zero attached hydrogens (tertiary/aromatic N) is 1. The number of oxazole rings is 1. The Morgan fingerprint density at radius 3 is 2.58 bits per heavy atom. The van der Waals surface area contributed by atoms with Crippen LogP contribution in [0.2, 0.25) is 0 Å². The predicted molar refractivity (Wildman–Crippen MR) is 103 cm³/mol. The van der Waals surface area contributed by atoms with Crippen molar-refractivity contribution in [2.75, 3.05) is 19.0 Å². The number of hydrogen-bond acceptors (Lipinski definition) is 4. The average Bonchev–Trinajstić information content (AvgIpc) is 3.12. The van der Waals surface area contributed by atoms with Crippen molar-refractivity contribution in [3.05, 3.63) is 65.0 Å². The maximum atomic E-state index is 11.9. The van der Waals surface area contributed by atoms with E-state index in [1.807, 2.05) is 48.5 Å². The number of urea groups is 1. The molecule has 26 heavy (non-hydrogen) atoms. The van der Waals surface area contributed by atoms with E-state index in [0.29, 0.717) is 18.9 Å². The Morgan fingerprint density at radius 2 is 1.88 bits per heavy atom. The van der Waals surface area contributed by atoms with E-state index < -0.39 is 0 Å². The largest absolute Gasteiger partial charge is 0.497 e. The molecular formula is C19H18BrN3O3. The lowest BCUT2D eigenvalue weighted by atomic mass is 10.2. The number of methoxy groups -OCH3 is 1. The smallest absolute Gasteiger partial charge is 0.319 e. The number of amides is 2. The van der Waals surface area contributed by atoms with Crippen LogP contribution in [0, 0.1) is 0 Å². The molecule has 1 heterocycles. The van der Waals surface area contributed by atoms with Crippen LogP contribution >= 0.6 is 15.9 Å². The minimum absolute atomic E-state index is 0.258. The van der Waals surface area contributed by atoms with Crippen LogP contribution in [0.5, 0.6) is 5.75 Å². The highest BCUT2D eigenvalue weighted by Gasteiger charge is 2.08. The second kappa shape index (κ2) is 8.53. The first-order valence-electron chi connectivity index (χ1n) is 8.03. The summed E-state index contributed by atoms with van der Waals surface area (Å²) in [6, 6.07) is 14.6. The molecule has 0 bridgehead atoms. The van der Waals surface area contributed by atoms with Gasteiger partial charge in [0.15, 0.2) is 0 Å². The Labute approximate surface area is 159 Å². The molecule has 2 amide bonds. The quantitative estimate of drug-likeness (QED) is 0.622. The number of nitrogens with one attached hydrogen (secondary N) is 2. The van der Waals surface area contributed by atoms with Crippen molar-refractivity contribution in [3.8, 4) is 17.2 Å². The van der Waals surface area contributed by atoms with Gasteiger partial charge in [0, 0.05) is 28.7 Å². The molecule has 0 spiro atoms. The fourth-order valence-corrected chi connectivity index (χ4v) is 2.56. The van der Waals surface area contributed by atoms with E-state index in [2.05, 4.69) is 31.5 Å². The number of carbonyl (C=O) groups excluding carboxylic acids is 1. The van der Waals surface area contributed by atoms with E-state index >= 15 is 0 Å². The number of halogens is 1. The fourth-order valence-electron chi connectivity index (χ4n) is 2.30. The maximum absolute atomic E-state index is 11.9. The van der Waals surface area contributed by atoms with Gasteiger partial charge in [0.2, 0.25) is 5.89 Å². The summed E-state index contributed by atoms with van der Waals surface area (Å²) < 4.78 is 11.6. The van der Waals surface area contributed by atoms with Gasteiger partial charge in [-0.25, -0.2) is 9.78 Å². The molecule has 0 saturated carbocycles. The second-order valence-electron chi connectivity index (χ2n) is 5.51. The van der Waals surface area contributed by atoms with Crippen LogP contribution in [0.3, 0.4) is 0 Å². The van der Waals surface area contributed by atoms with Crippen LogP contribution in [0.25, 0.3) is 11.5 Å². The molecule has 6 nitrogen and oxygen atoms in total. The van der Waals surface area contributed by atoms with Crippen molar-refractivity contribution in [2.45, 2.75) is 6.42 Å². The second-order valence-corrected chi connectivity index (χ2v) is 6.43. The zero-order valence-electron chi connectivity index (χ0n) is 14.2. The summed E-state index contributed by atoms with van der Waals surface area (Å²) in [5.74, 6) is 1.32. The summed E-state index contributed by atoms with van der Waals surface area (Å²) in [5, 5.41) is 5.57. The summed E-state index contributed by atoms with van der Waals surface area (Å²) in [4.78, 5) is 16.3. The highest BCUT2D eigenvalue weighted by Crippen LogP contribution is 2.21. The third kappa shape index (κ3) is 4.86. The van der Waals surface area contributed by atoms with E-state index in [-0.39, 0.29) is 6.03 Å². The van der Waals surface area contributed by atoms with Crippen molar-refractivity contribution >= 4 is 27.6 Å². The number of rotatable bonds is 6. The maximum Gasteiger partial charge on any atom is 0.319 e. The van der Waals surface area contributed by atoms with Crippen LogP contribution in [-0.4, -0.2) is 24.7 Å². The molecule has 0 aliphatic carbocycles. The van der Waals surface area contributed by atoms with E-state index in [1.54, 1.807) is 13.4 Å². The monoisotopic (exact) mass is 415 g/mol. The molecule has 0 fully saturated rings. The third-order valence-electron chi connectivity index (χ3n) is 3.66. The number of carbonyl (C=O) groups is 1. The third-order valence-corrected chi connectivity index (χ3v) is 4.19. The molecule has 1 aromatic heterocycles. The lowest BCUT2D eigenvalue weighted by molar-refractivity contribution is 0.252. The van der Waals surface area contributed by atoms with Gasteiger partial charge in [0.25, 0.3) is 0 Å². The van der Waals surface area contributed by atoms with Gasteiger partial charge >= 0.3 is 6.03 Å². The minimum Gasteiger partial charge on any atom is -0.497 e. The molecule has 3 rings (SSSR count). The van der Waals surface area contributed by atoms with Crippen LogP contribution < -0.4 is 15.4 Å². The molecule has 0 radical (unpaired) electrons. The summed E-state index contributed by atoms with van der Waals surface area (Å²) in [6.07, 6.45) is 2.18. The zero-order chi connectivity index (χ0) is 18.4. The number of anilines is 1. The molecule has 0 saturated heterocycles.